The van der Waals surface area contributed by atoms with Crippen molar-refractivity contribution in [3.63, 3.8) is 0 Å². The van der Waals surface area contributed by atoms with E-state index in [1.54, 1.807) is 38.1 Å². The number of unbranched alkanes of at least 4 members (excludes halogenated alkanes) is 1. The molecule has 44 heavy (non-hydrogen) atoms. The highest BCUT2D eigenvalue weighted by atomic mass is 16.6. The fourth-order valence-electron chi connectivity index (χ4n) is 2.80. The Morgan fingerprint density at radius 3 is 1.95 bits per heavy atom. The van der Waals surface area contributed by atoms with Gasteiger partial charge in [0.15, 0.2) is 0 Å². The summed E-state index contributed by atoms with van der Waals surface area (Å²) in [5.41, 5.74) is 5.48. The number of aliphatic hydroxyl groups is 2. The van der Waals surface area contributed by atoms with Gasteiger partial charge in [-0.15, -0.1) is 0 Å². The Bertz CT molecular complexity index is 947. The molecule has 0 unspecified atom stereocenters. The number of rotatable bonds is 15. The number of carbonyl (C=O) groups excluding carboxylic acids is 4. The van der Waals surface area contributed by atoms with Crippen molar-refractivity contribution in [1.29, 1.82) is 0 Å². The predicted octanol–water partition coefficient (Wildman–Crippen LogP) is 2.44. The highest BCUT2D eigenvalue weighted by Gasteiger charge is 2.20. The van der Waals surface area contributed by atoms with E-state index in [1.165, 1.54) is 0 Å². The first kappa shape index (κ1) is 42.9. The first-order valence-corrected chi connectivity index (χ1v) is 14.9. The average molecular weight is 628 g/mol. The molecular weight excluding hydrogens is 570 g/mol. The molecule has 4 amide bonds. The molecule has 1 aromatic carbocycles. The van der Waals surface area contributed by atoms with Gasteiger partial charge >= 0.3 is 6.09 Å². The van der Waals surface area contributed by atoms with Gasteiger partial charge in [0.1, 0.15) is 18.8 Å². The van der Waals surface area contributed by atoms with Crippen LogP contribution in [0.15, 0.2) is 24.3 Å². The molecule has 1 rings (SSSR count). The lowest BCUT2D eigenvalue weighted by Crippen LogP contribution is -2.46. The van der Waals surface area contributed by atoms with E-state index in [9.17, 15) is 19.2 Å². The second-order valence-corrected chi connectivity index (χ2v) is 12.0. The molecule has 0 fully saturated rings. The first-order chi connectivity index (χ1) is 20.5. The molecule has 0 radical (unpaired) electrons. The fourth-order valence-corrected chi connectivity index (χ4v) is 2.80. The topological polar surface area (TPSA) is 201 Å². The molecule has 0 atom stereocenters. The number of nitrogens with one attached hydrogen (secondary N) is 4. The number of hydrogen-bond donors (Lipinski definition) is 7. The van der Waals surface area contributed by atoms with E-state index in [2.05, 4.69) is 42.0 Å². The van der Waals surface area contributed by atoms with Crippen LogP contribution in [0.3, 0.4) is 0 Å². The molecular formula is C31H57N5O8. The summed E-state index contributed by atoms with van der Waals surface area (Å²) < 4.78 is 10.0. The van der Waals surface area contributed by atoms with Gasteiger partial charge in [0.25, 0.3) is 0 Å². The van der Waals surface area contributed by atoms with Gasteiger partial charge in [-0.2, -0.15) is 0 Å². The highest BCUT2D eigenvalue weighted by molar-refractivity contribution is 5.94. The van der Waals surface area contributed by atoms with Crippen LogP contribution < -0.4 is 27.0 Å². The van der Waals surface area contributed by atoms with Crippen LogP contribution in [-0.2, 0) is 30.5 Å². The molecule has 13 heteroatoms. The molecule has 0 saturated carbocycles. The lowest BCUT2D eigenvalue weighted by Gasteiger charge is -2.25. The molecule has 0 aliphatic carbocycles. The number of carbonyl (C=O) groups is 4. The van der Waals surface area contributed by atoms with Crippen LogP contribution in [0.5, 0.6) is 0 Å². The van der Waals surface area contributed by atoms with Gasteiger partial charge < -0.3 is 46.7 Å². The van der Waals surface area contributed by atoms with Gasteiger partial charge in [-0.1, -0.05) is 39.3 Å². The lowest BCUT2D eigenvalue weighted by molar-refractivity contribution is -0.132. The Hall–Kier alpha value is -3.26. The molecule has 0 aromatic heterocycles. The average Bonchev–Trinajstić information content (AvgIpc) is 2.92. The molecule has 0 heterocycles. The number of aliphatic hydroxyl groups excluding tert-OH is 2. The van der Waals surface area contributed by atoms with Crippen molar-refractivity contribution < 1.29 is 38.9 Å². The Balaban J connectivity index is 0. The summed E-state index contributed by atoms with van der Waals surface area (Å²) >= 11 is 0. The summed E-state index contributed by atoms with van der Waals surface area (Å²) in [5.74, 6) is -0.674. The lowest BCUT2D eigenvalue weighted by atomic mass is 10.0. The van der Waals surface area contributed by atoms with Gasteiger partial charge in [-0.3, -0.25) is 14.4 Å². The maximum absolute atomic E-state index is 11.8. The van der Waals surface area contributed by atoms with Gasteiger partial charge in [-0.25, -0.2) is 4.79 Å². The molecule has 8 N–H and O–H groups in total. The normalized spacial score (nSPS) is 10.8. The minimum absolute atomic E-state index is 0.0514. The van der Waals surface area contributed by atoms with Gasteiger partial charge in [0.05, 0.1) is 13.2 Å². The maximum atomic E-state index is 11.8. The number of anilines is 1. The van der Waals surface area contributed by atoms with Crippen LogP contribution in [0.2, 0.25) is 0 Å². The van der Waals surface area contributed by atoms with E-state index in [0.717, 1.165) is 24.9 Å². The van der Waals surface area contributed by atoms with Crippen LogP contribution in [0.4, 0.5) is 10.5 Å². The molecule has 0 spiro atoms. The first-order valence-electron chi connectivity index (χ1n) is 14.9. The summed E-state index contributed by atoms with van der Waals surface area (Å²) in [5, 5.41) is 28.2. The van der Waals surface area contributed by atoms with E-state index in [1.807, 2.05) is 20.8 Å². The smallest absolute Gasteiger partial charge is 0.407 e. The van der Waals surface area contributed by atoms with Crippen molar-refractivity contribution in [2.75, 3.05) is 44.8 Å². The fraction of sp³-hybridized carbons (Fsp3) is 0.677. The van der Waals surface area contributed by atoms with E-state index < -0.39 is 28.9 Å². The van der Waals surface area contributed by atoms with Crippen molar-refractivity contribution in [2.45, 2.75) is 92.4 Å². The van der Waals surface area contributed by atoms with E-state index >= 15 is 0 Å². The Kier molecular flexibility index (Phi) is 23.5. The number of alkyl carbamates (subject to hydrolysis) is 1. The van der Waals surface area contributed by atoms with Crippen LogP contribution in [0.1, 0.15) is 80.2 Å². The number of nitrogens with two attached hydrogens (primary N) is 1. The van der Waals surface area contributed by atoms with Gasteiger partial charge in [0.2, 0.25) is 17.7 Å². The third kappa shape index (κ3) is 27.6. The molecule has 13 nitrogen and oxygen atoms in total. The van der Waals surface area contributed by atoms with E-state index in [0.29, 0.717) is 24.6 Å². The highest BCUT2D eigenvalue weighted by Crippen LogP contribution is 2.09. The second-order valence-electron chi connectivity index (χ2n) is 12.0. The maximum Gasteiger partial charge on any atom is 0.407 e. The summed E-state index contributed by atoms with van der Waals surface area (Å²) in [4.78, 5) is 46.1. The molecule has 0 aliphatic rings. The molecule has 0 saturated heterocycles. The van der Waals surface area contributed by atoms with Crippen LogP contribution >= 0.6 is 0 Å². The van der Waals surface area contributed by atoms with Gasteiger partial charge in [-0.05, 0) is 77.6 Å². The van der Waals surface area contributed by atoms with Gasteiger partial charge in [0, 0.05) is 24.4 Å². The monoisotopic (exact) mass is 627 g/mol. The van der Waals surface area contributed by atoms with Crippen molar-refractivity contribution in [1.82, 2.24) is 16.0 Å². The minimum Gasteiger partial charge on any atom is -0.444 e. The Morgan fingerprint density at radius 2 is 1.48 bits per heavy atom. The summed E-state index contributed by atoms with van der Waals surface area (Å²) in [7, 11) is 0. The van der Waals surface area contributed by atoms with Crippen molar-refractivity contribution in [2.24, 2.45) is 11.7 Å². The van der Waals surface area contributed by atoms with Crippen molar-refractivity contribution >= 4 is 29.5 Å². The third-order valence-electron chi connectivity index (χ3n) is 5.22. The van der Waals surface area contributed by atoms with E-state index in [4.69, 9.17) is 25.4 Å². The third-order valence-corrected chi connectivity index (χ3v) is 5.22. The summed E-state index contributed by atoms with van der Waals surface area (Å²) in [6, 6.07) is 6.64. The summed E-state index contributed by atoms with van der Waals surface area (Å²) in [6.07, 6.45) is 2.16. The van der Waals surface area contributed by atoms with Crippen molar-refractivity contribution in [3.8, 4) is 0 Å². The quantitative estimate of drug-likeness (QED) is 0.143. The number of benzene rings is 1. The Morgan fingerprint density at radius 1 is 0.909 bits per heavy atom. The van der Waals surface area contributed by atoms with Crippen LogP contribution in [-0.4, -0.2) is 84.6 Å². The zero-order valence-corrected chi connectivity index (χ0v) is 27.9. The largest absolute Gasteiger partial charge is 0.444 e. The molecule has 254 valence electrons. The second kappa shape index (κ2) is 24.1. The molecule has 1 aromatic rings. The van der Waals surface area contributed by atoms with Crippen molar-refractivity contribution in [3.05, 3.63) is 29.8 Å². The summed E-state index contributed by atoms with van der Waals surface area (Å²) in [6.45, 7) is 15.9. The van der Waals surface area contributed by atoms with Crippen LogP contribution in [0, 0.1) is 5.92 Å². The van der Waals surface area contributed by atoms with Crippen LogP contribution in [0.25, 0.3) is 0 Å². The Labute approximate surface area is 263 Å². The number of amides is 4. The van der Waals surface area contributed by atoms with E-state index in [-0.39, 0.29) is 39.1 Å². The predicted molar refractivity (Wildman–Crippen MR) is 172 cm³/mol. The SMILES string of the molecule is CC(C)(CCO)NC(=O)COCC(=O)NCC(=O)Nc1ccc(CO)cc1.CC(C)CN.CCCCNC(=O)OC(C)(C)C. The zero-order chi connectivity index (χ0) is 34.2. The number of hydrogen-bond acceptors (Lipinski definition) is 9. The standard InChI is InChI=1S/C18H27N3O6.C9H19NO2.C4H11N/c1-18(2,7-8-22)21-17(26)12-27-11-16(25)19-9-15(24)20-14-5-3-13(10-23)4-6-14;1-5-6-7-10-8(11)12-9(2,3)4;1-4(2)3-5/h3-6,22-23H,7-12H2,1-2H3,(H,19,25)(H,20,24)(H,21,26);5-7H2,1-4H3,(H,10,11);4H,3,5H2,1-2H3. The minimum atomic E-state index is -0.565. The molecule has 0 aliphatic heterocycles. The number of ether oxygens (including phenoxy) is 2. The molecule has 0 bridgehead atoms. The zero-order valence-electron chi connectivity index (χ0n) is 27.9.